The van der Waals surface area contributed by atoms with Crippen LogP contribution >= 0.6 is 22.9 Å². The molecule has 9 heteroatoms. The van der Waals surface area contributed by atoms with Crippen LogP contribution in [0.1, 0.15) is 92.6 Å². The number of benzene rings is 2. The Balaban J connectivity index is 1.22. The molecule has 2 fully saturated rings. The largest absolute Gasteiger partial charge is 0.357 e. The van der Waals surface area contributed by atoms with E-state index in [1.807, 2.05) is 47.8 Å². The molecule has 3 aromatic rings. The highest BCUT2D eigenvalue weighted by Gasteiger charge is 2.40. The number of carbonyl (C=O) groups excluding carboxylic acids is 3. The Morgan fingerprint density at radius 3 is 2.48 bits per heavy atom. The van der Waals surface area contributed by atoms with Crippen molar-refractivity contribution in [2.45, 2.75) is 89.8 Å². The van der Waals surface area contributed by atoms with Gasteiger partial charge in [0.15, 0.2) is 10.9 Å². The summed E-state index contributed by atoms with van der Waals surface area (Å²) >= 11 is 7.83. The molecule has 0 aliphatic heterocycles. The van der Waals surface area contributed by atoms with Crippen LogP contribution < -0.4 is 16.0 Å². The number of aromatic nitrogens is 1. The minimum absolute atomic E-state index is 0.00138. The third-order valence-corrected chi connectivity index (χ3v) is 9.98. The number of Topliss-reactive ketones (excluding diaryl/α,β-unsaturated/α-hetero) is 1. The molecule has 0 spiro atoms. The van der Waals surface area contributed by atoms with Crippen LogP contribution in [0.25, 0.3) is 0 Å². The van der Waals surface area contributed by atoms with Crippen LogP contribution in [0.5, 0.6) is 0 Å². The summed E-state index contributed by atoms with van der Waals surface area (Å²) in [6, 6.07) is 14.8. The van der Waals surface area contributed by atoms with Crippen molar-refractivity contribution in [1.29, 1.82) is 0 Å². The van der Waals surface area contributed by atoms with Gasteiger partial charge in [0.25, 0.3) is 0 Å². The normalized spacial score (nSPS) is 22.4. The van der Waals surface area contributed by atoms with Gasteiger partial charge in [-0.25, -0.2) is 4.98 Å². The summed E-state index contributed by atoms with van der Waals surface area (Å²) in [5, 5.41) is 13.1. The van der Waals surface area contributed by atoms with Crippen molar-refractivity contribution in [3.8, 4) is 0 Å². The predicted octanol–water partition coefficient (Wildman–Crippen LogP) is 7.38. The second kappa shape index (κ2) is 15.2. The molecule has 5 atom stereocenters. The fraction of sp³-hybridized carbons (Fsp3) is 0.486. The minimum atomic E-state index is -0.648. The van der Waals surface area contributed by atoms with Gasteiger partial charge in [-0.15, -0.1) is 11.3 Å². The molecule has 44 heavy (non-hydrogen) atoms. The maximum absolute atomic E-state index is 13.7. The molecule has 0 bridgehead atoms. The third kappa shape index (κ3) is 8.27. The first-order valence-electron chi connectivity index (χ1n) is 15.9. The van der Waals surface area contributed by atoms with Crippen LogP contribution in [0.15, 0.2) is 60.1 Å². The number of halogens is 1. The standard InChI is InChI=1S/C35H43ClN4O3S/c1-22(2)19-31(34(43)39-30-12-4-3-9-27(30)25-7-5-8-26(36)20-25)40-33(42)29-11-6-10-28(29)32(41)24-15-13-23(14-16-24)21-38-35-37-17-18-44-35/h5,7-8,13-18,20,22,27-31H,3-4,6,9-12,19,21H2,1-2H3,(H,37,38)(H,39,43)(H,40,42)/t27-,28?,29?,30+,31-/m1/s1. The number of thiazole rings is 1. The van der Waals surface area contributed by atoms with Gasteiger partial charge in [0.1, 0.15) is 6.04 Å². The lowest BCUT2D eigenvalue weighted by Gasteiger charge is -2.34. The summed E-state index contributed by atoms with van der Waals surface area (Å²) in [5.74, 6) is -0.764. The fourth-order valence-corrected chi connectivity index (χ4v) is 7.51. The van der Waals surface area contributed by atoms with Gasteiger partial charge in [0, 0.05) is 52.5 Å². The molecule has 2 aliphatic rings. The van der Waals surface area contributed by atoms with E-state index in [0.29, 0.717) is 36.4 Å². The summed E-state index contributed by atoms with van der Waals surface area (Å²) in [7, 11) is 0. The second-order valence-corrected chi connectivity index (χ2v) is 14.0. The Bertz CT molecular complexity index is 1410. The van der Waals surface area contributed by atoms with Crippen molar-refractivity contribution in [1.82, 2.24) is 15.6 Å². The van der Waals surface area contributed by atoms with Crippen molar-refractivity contribution < 1.29 is 14.4 Å². The van der Waals surface area contributed by atoms with E-state index in [9.17, 15) is 14.4 Å². The Kier molecular flexibility index (Phi) is 11.1. The third-order valence-electron chi connectivity index (χ3n) is 9.01. The predicted molar refractivity (Wildman–Crippen MR) is 177 cm³/mol. The number of hydrogen-bond donors (Lipinski definition) is 3. The smallest absolute Gasteiger partial charge is 0.242 e. The molecule has 2 aliphatic carbocycles. The molecule has 7 nitrogen and oxygen atoms in total. The monoisotopic (exact) mass is 634 g/mol. The highest BCUT2D eigenvalue weighted by atomic mass is 35.5. The van der Waals surface area contributed by atoms with Crippen LogP contribution in [-0.2, 0) is 16.1 Å². The molecule has 2 aromatic carbocycles. The Morgan fingerprint density at radius 2 is 1.75 bits per heavy atom. The van der Waals surface area contributed by atoms with Gasteiger partial charge in [-0.2, -0.15) is 0 Å². The van der Waals surface area contributed by atoms with Gasteiger partial charge < -0.3 is 16.0 Å². The topological polar surface area (TPSA) is 100 Å². The zero-order valence-electron chi connectivity index (χ0n) is 25.6. The lowest BCUT2D eigenvalue weighted by Crippen LogP contribution is -2.53. The Labute approximate surface area is 269 Å². The lowest BCUT2D eigenvalue weighted by atomic mass is 9.80. The Morgan fingerprint density at radius 1 is 0.977 bits per heavy atom. The van der Waals surface area contributed by atoms with Crippen LogP contribution in [0.4, 0.5) is 5.13 Å². The summed E-state index contributed by atoms with van der Waals surface area (Å²) in [4.78, 5) is 45.2. The SMILES string of the molecule is CC(C)C[C@@H](NC(=O)C1CCCC1C(=O)c1ccc(CNc2nccs2)cc1)C(=O)N[C@H]1CCCC[C@@H]1c1cccc(Cl)c1. The fourth-order valence-electron chi connectivity index (χ4n) is 6.78. The van der Waals surface area contributed by atoms with Crippen LogP contribution in [0, 0.1) is 17.8 Å². The number of amides is 2. The summed E-state index contributed by atoms with van der Waals surface area (Å²) in [5.41, 5.74) is 2.81. The molecular formula is C35H43ClN4O3S. The van der Waals surface area contributed by atoms with E-state index >= 15 is 0 Å². The van der Waals surface area contributed by atoms with Crippen molar-refractivity contribution in [3.05, 3.63) is 81.8 Å². The van der Waals surface area contributed by atoms with E-state index in [1.165, 1.54) is 0 Å². The molecule has 2 unspecified atom stereocenters. The van der Waals surface area contributed by atoms with Crippen molar-refractivity contribution in [2.75, 3.05) is 5.32 Å². The first-order valence-corrected chi connectivity index (χ1v) is 17.2. The zero-order chi connectivity index (χ0) is 31.1. The van der Waals surface area contributed by atoms with E-state index in [-0.39, 0.29) is 41.4 Å². The second-order valence-electron chi connectivity index (χ2n) is 12.6. The first kappa shape index (κ1) is 32.2. The van der Waals surface area contributed by atoms with Crippen LogP contribution in [0.2, 0.25) is 5.02 Å². The number of nitrogens with zero attached hydrogens (tertiary/aromatic N) is 1. The van der Waals surface area contributed by atoms with Gasteiger partial charge >= 0.3 is 0 Å². The van der Waals surface area contributed by atoms with E-state index in [4.69, 9.17) is 11.6 Å². The number of carbonyl (C=O) groups is 3. The average Bonchev–Trinajstić information content (AvgIpc) is 3.73. The maximum atomic E-state index is 13.7. The zero-order valence-corrected chi connectivity index (χ0v) is 27.1. The van der Waals surface area contributed by atoms with E-state index in [1.54, 1.807) is 17.5 Å². The molecule has 0 saturated heterocycles. The number of nitrogens with one attached hydrogen (secondary N) is 3. The number of hydrogen-bond acceptors (Lipinski definition) is 6. The molecule has 0 radical (unpaired) electrons. The van der Waals surface area contributed by atoms with E-state index < -0.39 is 12.0 Å². The van der Waals surface area contributed by atoms with Gasteiger partial charge in [0.2, 0.25) is 11.8 Å². The molecule has 1 heterocycles. The van der Waals surface area contributed by atoms with Gasteiger partial charge in [-0.3, -0.25) is 14.4 Å². The quantitative estimate of drug-likeness (QED) is 0.181. The highest BCUT2D eigenvalue weighted by molar-refractivity contribution is 7.13. The first-order chi connectivity index (χ1) is 21.3. The van der Waals surface area contributed by atoms with E-state index in [2.05, 4.69) is 40.8 Å². The summed E-state index contributed by atoms with van der Waals surface area (Å²) in [6.45, 7) is 4.73. The van der Waals surface area contributed by atoms with Crippen LogP contribution in [-0.4, -0.2) is 34.7 Å². The lowest BCUT2D eigenvalue weighted by molar-refractivity contribution is -0.132. The number of ketones is 1. The number of anilines is 1. The molecule has 2 saturated carbocycles. The molecule has 2 amide bonds. The summed E-state index contributed by atoms with van der Waals surface area (Å²) in [6.07, 6.45) is 8.48. The van der Waals surface area contributed by atoms with Crippen molar-refractivity contribution >= 4 is 45.7 Å². The van der Waals surface area contributed by atoms with Gasteiger partial charge in [0.05, 0.1) is 0 Å². The van der Waals surface area contributed by atoms with Gasteiger partial charge in [-0.05, 0) is 61.3 Å². The van der Waals surface area contributed by atoms with Crippen molar-refractivity contribution in [2.24, 2.45) is 17.8 Å². The molecule has 1 aromatic heterocycles. The highest BCUT2D eigenvalue weighted by Crippen LogP contribution is 2.36. The van der Waals surface area contributed by atoms with E-state index in [0.717, 1.165) is 48.4 Å². The molecule has 3 N–H and O–H groups in total. The van der Waals surface area contributed by atoms with Crippen molar-refractivity contribution in [3.63, 3.8) is 0 Å². The maximum Gasteiger partial charge on any atom is 0.242 e. The Hall–Kier alpha value is -3.23. The van der Waals surface area contributed by atoms with Crippen LogP contribution in [0.3, 0.4) is 0 Å². The molecular weight excluding hydrogens is 592 g/mol. The van der Waals surface area contributed by atoms with Gasteiger partial charge in [-0.1, -0.05) is 81.1 Å². The molecule has 234 valence electrons. The molecule has 5 rings (SSSR count). The number of rotatable bonds is 12. The summed E-state index contributed by atoms with van der Waals surface area (Å²) < 4.78 is 0. The average molecular weight is 635 g/mol. The minimum Gasteiger partial charge on any atom is -0.357 e.